The van der Waals surface area contributed by atoms with Crippen LogP contribution in [0.3, 0.4) is 0 Å². The maximum absolute atomic E-state index is 12.3. The minimum atomic E-state index is -1.08. The fraction of sp³-hybridized carbons (Fsp3) is 0.130. The van der Waals surface area contributed by atoms with Crippen molar-refractivity contribution in [3.8, 4) is 17.4 Å². The molecule has 0 saturated heterocycles. The number of hydrogen-bond acceptors (Lipinski definition) is 6. The molecule has 0 aliphatic carbocycles. The number of benzene rings is 2. The summed E-state index contributed by atoms with van der Waals surface area (Å²) in [6.45, 7) is 2.92. The largest absolute Gasteiger partial charge is 0.449 e. The highest BCUT2D eigenvalue weighted by Crippen LogP contribution is 2.23. The molecule has 0 saturated carbocycles. The van der Waals surface area contributed by atoms with E-state index >= 15 is 0 Å². The maximum Gasteiger partial charge on any atom is 0.375 e. The number of ether oxygens (including phenoxy) is 1. The van der Waals surface area contributed by atoms with Crippen LogP contribution in [0.25, 0.3) is 11.3 Å². The Morgan fingerprint density at radius 3 is 2.47 bits per heavy atom. The summed E-state index contributed by atoms with van der Waals surface area (Å²) in [6.07, 6.45) is -1.08. The summed E-state index contributed by atoms with van der Waals surface area (Å²) >= 11 is 0. The van der Waals surface area contributed by atoms with Crippen LogP contribution in [-0.2, 0) is 9.53 Å². The first-order valence-electron chi connectivity index (χ1n) is 9.10. The van der Waals surface area contributed by atoms with E-state index in [4.69, 9.17) is 14.4 Å². The van der Waals surface area contributed by atoms with Crippen LogP contribution in [0.2, 0.25) is 0 Å². The zero-order chi connectivity index (χ0) is 21.7. The summed E-state index contributed by atoms with van der Waals surface area (Å²) in [5.41, 5.74) is 2.10. The summed E-state index contributed by atoms with van der Waals surface area (Å²) in [6, 6.07) is 18.2. The Labute approximate surface area is 172 Å². The number of furan rings is 1. The quantitative estimate of drug-likeness (QED) is 0.489. The number of amides is 1. The standard InChI is InChI=1S/C23H18N2O5/c1-14(26)17-6-8-18(9-7-17)20-10-11-21(30-20)23(28)29-15(2)22(27)25-19-5-3-4-16(12-19)13-24/h3-12,15H,1-2H3,(H,25,27)/t15-/m1/s1. The van der Waals surface area contributed by atoms with Crippen molar-refractivity contribution in [2.45, 2.75) is 20.0 Å². The van der Waals surface area contributed by atoms with Crippen molar-refractivity contribution < 1.29 is 23.5 Å². The molecule has 30 heavy (non-hydrogen) atoms. The SMILES string of the molecule is CC(=O)c1ccc(-c2ccc(C(=O)O[C@H](C)C(=O)Nc3cccc(C#N)c3)o2)cc1. The Bertz CT molecular complexity index is 1140. The number of Topliss-reactive ketones (excluding diaryl/α,β-unsaturated/α-hetero) is 1. The first kappa shape index (κ1) is 20.6. The van der Waals surface area contributed by atoms with Gasteiger partial charge in [0.15, 0.2) is 11.9 Å². The second-order valence-corrected chi connectivity index (χ2v) is 6.53. The van der Waals surface area contributed by atoms with E-state index in [1.807, 2.05) is 6.07 Å². The zero-order valence-electron chi connectivity index (χ0n) is 16.3. The van der Waals surface area contributed by atoms with E-state index in [1.54, 1.807) is 48.5 Å². The molecule has 1 aromatic heterocycles. The molecule has 1 atom stereocenters. The topological polar surface area (TPSA) is 109 Å². The Balaban J connectivity index is 1.63. The fourth-order valence-corrected chi connectivity index (χ4v) is 2.65. The molecule has 0 bridgehead atoms. The lowest BCUT2D eigenvalue weighted by Gasteiger charge is -2.12. The molecule has 0 unspecified atom stereocenters. The third-order valence-corrected chi connectivity index (χ3v) is 4.30. The number of anilines is 1. The normalized spacial score (nSPS) is 11.2. The van der Waals surface area contributed by atoms with Crippen molar-refractivity contribution in [2.24, 2.45) is 0 Å². The Kier molecular flexibility index (Phi) is 6.08. The zero-order valence-corrected chi connectivity index (χ0v) is 16.3. The minimum absolute atomic E-state index is 0.0446. The lowest BCUT2D eigenvalue weighted by atomic mass is 10.1. The number of esters is 1. The van der Waals surface area contributed by atoms with Gasteiger partial charge in [0.2, 0.25) is 5.76 Å². The maximum atomic E-state index is 12.3. The first-order chi connectivity index (χ1) is 14.4. The predicted octanol–water partition coefficient (Wildman–Crippen LogP) is 4.20. The highest BCUT2D eigenvalue weighted by Gasteiger charge is 2.21. The van der Waals surface area contributed by atoms with Crippen LogP contribution in [-0.4, -0.2) is 23.8 Å². The van der Waals surface area contributed by atoms with Crippen LogP contribution in [0, 0.1) is 11.3 Å². The molecular weight excluding hydrogens is 384 g/mol. The van der Waals surface area contributed by atoms with Gasteiger partial charge in [-0.1, -0.05) is 30.3 Å². The van der Waals surface area contributed by atoms with Gasteiger partial charge in [0, 0.05) is 16.8 Å². The fourth-order valence-electron chi connectivity index (χ4n) is 2.65. The molecule has 0 aliphatic rings. The van der Waals surface area contributed by atoms with Gasteiger partial charge in [-0.05, 0) is 44.2 Å². The van der Waals surface area contributed by atoms with Crippen molar-refractivity contribution in [2.75, 3.05) is 5.32 Å². The molecule has 0 fully saturated rings. The van der Waals surface area contributed by atoms with E-state index in [0.29, 0.717) is 28.1 Å². The minimum Gasteiger partial charge on any atom is -0.449 e. The van der Waals surface area contributed by atoms with E-state index < -0.39 is 18.0 Å². The van der Waals surface area contributed by atoms with Crippen molar-refractivity contribution >= 4 is 23.3 Å². The van der Waals surface area contributed by atoms with Crippen molar-refractivity contribution in [3.63, 3.8) is 0 Å². The Morgan fingerprint density at radius 1 is 1.07 bits per heavy atom. The molecule has 2 aromatic carbocycles. The van der Waals surface area contributed by atoms with Gasteiger partial charge >= 0.3 is 5.97 Å². The van der Waals surface area contributed by atoms with Gasteiger partial charge in [-0.2, -0.15) is 5.26 Å². The summed E-state index contributed by atoms with van der Waals surface area (Å²) in [5.74, 6) is -0.980. The average Bonchev–Trinajstić information content (AvgIpc) is 3.24. The van der Waals surface area contributed by atoms with E-state index in [1.165, 1.54) is 26.0 Å². The number of rotatable bonds is 6. The third-order valence-electron chi connectivity index (χ3n) is 4.30. The van der Waals surface area contributed by atoms with Crippen molar-refractivity contribution in [1.82, 2.24) is 0 Å². The monoisotopic (exact) mass is 402 g/mol. The third kappa shape index (κ3) is 4.80. The van der Waals surface area contributed by atoms with Crippen LogP contribution in [0.5, 0.6) is 0 Å². The van der Waals surface area contributed by atoms with Crippen molar-refractivity contribution in [3.05, 3.63) is 77.6 Å². The summed E-state index contributed by atoms with van der Waals surface area (Å²) in [4.78, 5) is 35.9. The van der Waals surface area contributed by atoms with Crippen LogP contribution >= 0.6 is 0 Å². The van der Waals surface area contributed by atoms with Crippen LogP contribution in [0.1, 0.15) is 40.3 Å². The summed E-state index contributed by atoms with van der Waals surface area (Å²) in [5, 5.41) is 11.5. The van der Waals surface area contributed by atoms with Crippen molar-refractivity contribution in [1.29, 1.82) is 5.26 Å². The Hall–Kier alpha value is -4.18. The molecule has 1 amide bonds. The number of carbonyl (C=O) groups is 3. The van der Waals surface area contributed by atoms with Gasteiger partial charge in [0.1, 0.15) is 5.76 Å². The number of nitrogens with zero attached hydrogens (tertiary/aromatic N) is 1. The summed E-state index contributed by atoms with van der Waals surface area (Å²) < 4.78 is 10.7. The highest BCUT2D eigenvalue weighted by molar-refractivity contribution is 5.97. The smallest absolute Gasteiger partial charge is 0.375 e. The molecule has 7 heteroatoms. The lowest BCUT2D eigenvalue weighted by Crippen LogP contribution is -2.29. The molecule has 3 aromatic rings. The molecule has 7 nitrogen and oxygen atoms in total. The molecule has 3 rings (SSSR count). The van der Waals surface area contributed by atoms with E-state index in [0.717, 1.165) is 0 Å². The molecule has 0 radical (unpaired) electrons. The molecule has 150 valence electrons. The second kappa shape index (κ2) is 8.88. The van der Waals surface area contributed by atoms with E-state index in [-0.39, 0.29) is 11.5 Å². The van der Waals surface area contributed by atoms with Gasteiger partial charge in [0.05, 0.1) is 11.6 Å². The molecule has 0 aliphatic heterocycles. The number of ketones is 1. The van der Waals surface area contributed by atoms with Gasteiger partial charge < -0.3 is 14.5 Å². The van der Waals surface area contributed by atoms with Gasteiger partial charge in [-0.25, -0.2) is 4.79 Å². The van der Waals surface area contributed by atoms with Crippen LogP contribution < -0.4 is 5.32 Å². The number of hydrogen-bond donors (Lipinski definition) is 1. The van der Waals surface area contributed by atoms with E-state index in [2.05, 4.69) is 5.32 Å². The molecule has 0 spiro atoms. The highest BCUT2D eigenvalue weighted by atomic mass is 16.6. The van der Waals surface area contributed by atoms with Gasteiger partial charge in [0.25, 0.3) is 5.91 Å². The van der Waals surface area contributed by atoms with E-state index in [9.17, 15) is 14.4 Å². The Morgan fingerprint density at radius 2 is 1.80 bits per heavy atom. The van der Waals surface area contributed by atoms with Gasteiger partial charge in [-0.3, -0.25) is 9.59 Å². The molecular formula is C23H18N2O5. The molecule has 1 N–H and O–H groups in total. The number of nitrogens with one attached hydrogen (secondary N) is 1. The summed E-state index contributed by atoms with van der Waals surface area (Å²) in [7, 11) is 0. The molecule has 1 heterocycles. The van der Waals surface area contributed by atoms with Crippen LogP contribution in [0.4, 0.5) is 5.69 Å². The van der Waals surface area contributed by atoms with Crippen LogP contribution in [0.15, 0.2) is 65.1 Å². The average molecular weight is 402 g/mol. The number of nitriles is 1. The predicted molar refractivity (Wildman–Crippen MR) is 109 cm³/mol. The lowest BCUT2D eigenvalue weighted by molar-refractivity contribution is -0.123. The first-order valence-corrected chi connectivity index (χ1v) is 9.10. The van der Waals surface area contributed by atoms with Gasteiger partial charge in [-0.15, -0.1) is 0 Å². The number of carbonyl (C=O) groups excluding carboxylic acids is 3. The second-order valence-electron chi connectivity index (χ2n) is 6.53.